The zero-order valence-corrected chi connectivity index (χ0v) is 16.6. The molecular weight excluding hydrogens is 384 g/mol. The van der Waals surface area contributed by atoms with Gasteiger partial charge in [0.2, 0.25) is 11.8 Å². The maximum atomic E-state index is 5.94. The number of nitrogens with zero attached hydrogens (tertiary/aromatic N) is 1. The molecule has 6 rings (SSSR count). The van der Waals surface area contributed by atoms with Crippen LogP contribution >= 0.6 is 0 Å². The number of aromatic nitrogens is 1. The van der Waals surface area contributed by atoms with Crippen molar-refractivity contribution in [3.8, 4) is 28.0 Å². The lowest BCUT2D eigenvalue weighted by Gasteiger charge is -2.03. The lowest BCUT2D eigenvalue weighted by molar-refractivity contribution is 0.459. The topological polar surface area (TPSA) is 47.3 Å². The molecule has 0 amide bonds. The van der Waals surface area contributed by atoms with Crippen molar-refractivity contribution < 1.29 is 9.15 Å². The van der Waals surface area contributed by atoms with Crippen LogP contribution in [0.25, 0.3) is 39.4 Å². The first-order chi connectivity index (χ1) is 15.3. The van der Waals surface area contributed by atoms with Crippen molar-refractivity contribution in [3.05, 3.63) is 109 Å². The first-order valence-corrected chi connectivity index (χ1v) is 10.1. The number of rotatable bonds is 3. The number of hydrogen-bond acceptors (Lipinski definition) is 4. The molecule has 1 aliphatic heterocycles. The summed E-state index contributed by atoms with van der Waals surface area (Å²) in [5.41, 5.74) is 7.04. The molecule has 0 saturated heterocycles. The van der Waals surface area contributed by atoms with Crippen LogP contribution in [0.4, 0.5) is 5.69 Å². The van der Waals surface area contributed by atoms with E-state index < -0.39 is 0 Å². The lowest BCUT2D eigenvalue weighted by atomic mass is 10.1. The number of fused-ring (bicyclic) bond motifs is 2. The average molecular weight is 402 g/mol. The third-order valence-corrected chi connectivity index (χ3v) is 5.33. The van der Waals surface area contributed by atoms with Gasteiger partial charge in [-0.1, -0.05) is 72.8 Å². The maximum absolute atomic E-state index is 5.94. The molecule has 4 heteroatoms. The van der Waals surface area contributed by atoms with Crippen molar-refractivity contribution in [1.29, 1.82) is 0 Å². The Morgan fingerprint density at radius 2 is 1.35 bits per heavy atom. The molecule has 2 heterocycles. The lowest BCUT2D eigenvalue weighted by Crippen LogP contribution is -1.96. The average Bonchev–Trinajstić information content (AvgIpc) is 3.42. The Morgan fingerprint density at radius 3 is 2.10 bits per heavy atom. The highest BCUT2D eigenvalue weighted by molar-refractivity contribution is 5.82. The second kappa shape index (κ2) is 7.18. The molecular formula is C27H18N2O2. The first-order valence-electron chi connectivity index (χ1n) is 10.1. The fourth-order valence-corrected chi connectivity index (χ4v) is 3.80. The summed E-state index contributed by atoms with van der Waals surface area (Å²) < 4.78 is 11.8. The smallest absolute Gasteiger partial charge is 0.225 e. The predicted molar refractivity (Wildman–Crippen MR) is 124 cm³/mol. The molecule has 1 N–H and O–H groups in total. The van der Waals surface area contributed by atoms with E-state index in [0.717, 1.165) is 44.8 Å². The van der Waals surface area contributed by atoms with E-state index in [1.807, 2.05) is 60.7 Å². The number of ether oxygens (including phenoxy) is 1. The normalized spacial score (nSPS) is 13.7. The van der Waals surface area contributed by atoms with Crippen LogP contribution in [0.5, 0.6) is 5.75 Å². The second-order valence-corrected chi connectivity index (χ2v) is 7.41. The Kier molecular flexibility index (Phi) is 4.06. The molecule has 0 fully saturated rings. The molecule has 0 aliphatic carbocycles. The van der Waals surface area contributed by atoms with Gasteiger partial charge in [0.15, 0.2) is 11.3 Å². The highest BCUT2D eigenvalue weighted by Gasteiger charge is 2.18. The zero-order chi connectivity index (χ0) is 20.6. The fourth-order valence-electron chi connectivity index (χ4n) is 3.80. The monoisotopic (exact) mass is 402 g/mol. The van der Waals surface area contributed by atoms with Crippen LogP contribution in [0.3, 0.4) is 0 Å². The van der Waals surface area contributed by atoms with Gasteiger partial charge in [-0.3, -0.25) is 0 Å². The number of nitrogens with one attached hydrogen (secondary N) is 1. The molecule has 4 aromatic carbocycles. The predicted octanol–water partition coefficient (Wildman–Crippen LogP) is 6.96. The third-order valence-electron chi connectivity index (χ3n) is 5.33. The van der Waals surface area contributed by atoms with E-state index in [1.165, 1.54) is 0 Å². The van der Waals surface area contributed by atoms with Crippen molar-refractivity contribution >= 4 is 22.9 Å². The van der Waals surface area contributed by atoms with Gasteiger partial charge >= 0.3 is 0 Å². The molecule has 0 radical (unpaired) electrons. The van der Waals surface area contributed by atoms with Crippen LogP contribution < -0.4 is 10.1 Å². The van der Waals surface area contributed by atoms with Gasteiger partial charge in [-0.15, -0.1) is 0 Å². The second-order valence-electron chi connectivity index (χ2n) is 7.41. The Balaban J connectivity index is 1.28. The minimum atomic E-state index is 0.499. The molecule has 0 unspecified atom stereocenters. The molecule has 31 heavy (non-hydrogen) atoms. The highest BCUT2D eigenvalue weighted by Crippen LogP contribution is 2.37. The van der Waals surface area contributed by atoms with E-state index in [0.29, 0.717) is 11.8 Å². The van der Waals surface area contributed by atoms with Crippen molar-refractivity contribution in [2.24, 2.45) is 0 Å². The van der Waals surface area contributed by atoms with Gasteiger partial charge in [0.1, 0.15) is 5.52 Å². The van der Waals surface area contributed by atoms with E-state index in [-0.39, 0.29) is 0 Å². The van der Waals surface area contributed by atoms with Gasteiger partial charge < -0.3 is 14.5 Å². The van der Waals surface area contributed by atoms with Crippen LogP contribution in [-0.2, 0) is 0 Å². The molecule has 4 nitrogen and oxygen atoms in total. The van der Waals surface area contributed by atoms with E-state index in [1.54, 1.807) is 6.08 Å². The zero-order valence-electron chi connectivity index (χ0n) is 16.6. The van der Waals surface area contributed by atoms with Crippen LogP contribution in [0.1, 0.15) is 5.89 Å². The van der Waals surface area contributed by atoms with E-state index in [2.05, 4.69) is 46.7 Å². The Morgan fingerprint density at radius 1 is 0.677 bits per heavy atom. The number of hydrogen-bond donors (Lipinski definition) is 1. The number of anilines is 1. The minimum absolute atomic E-state index is 0.499. The Hall–Kier alpha value is -4.31. The summed E-state index contributed by atoms with van der Waals surface area (Å²) in [6, 6.07) is 32.7. The van der Waals surface area contributed by atoms with Gasteiger partial charge in [-0.05, 0) is 46.5 Å². The van der Waals surface area contributed by atoms with Gasteiger partial charge in [-0.25, -0.2) is 4.98 Å². The summed E-state index contributed by atoms with van der Waals surface area (Å²) in [5, 5.41) is 3.31. The van der Waals surface area contributed by atoms with E-state index in [4.69, 9.17) is 9.15 Å². The SMILES string of the molecule is C(=C1/Nc2cc(-c3ccccc3)ccc2O1)/c1nc2cc(-c3ccccc3)ccc2o1. The number of benzene rings is 4. The molecule has 1 aromatic heterocycles. The van der Waals surface area contributed by atoms with Gasteiger partial charge in [0.05, 0.1) is 11.8 Å². The summed E-state index contributed by atoms with van der Waals surface area (Å²) >= 11 is 0. The molecule has 5 aromatic rings. The molecule has 0 atom stereocenters. The van der Waals surface area contributed by atoms with Gasteiger partial charge in [0.25, 0.3) is 0 Å². The Labute approximate surface area is 179 Å². The molecule has 0 bridgehead atoms. The van der Waals surface area contributed by atoms with Crippen LogP contribution in [0.2, 0.25) is 0 Å². The molecule has 0 spiro atoms. The fraction of sp³-hybridized carbons (Fsp3) is 0. The third kappa shape index (κ3) is 3.34. The van der Waals surface area contributed by atoms with Crippen LogP contribution in [0, 0.1) is 0 Å². The van der Waals surface area contributed by atoms with Crippen molar-refractivity contribution in [2.75, 3.05) is 5.32 Å². The van der Waals surface area contributed by atoms with Crippen molar-refractivity contribution in [3.63, 3.8) is 0 Å². The maximum Gasteiger partial charge on any atom is 0.225 e. The molecule has 1 aliphatic rings. The molecule has 148 valence electrons. The van der Waals surface area contributed by atoms with Gasteiger partial charge in [-0.2, -0.15) is 0 Å². The summed E-state index contributed by atoms with van der Waals surface area (Å²) in [6.07, 6.45) is 1.78. The standard InChI is InChI=1S/C27H18N2O2/c1-3-7-18(8-4-1)20-11-13-24-22(15-20)28-26(30-24)17-27-29-23-16-21(12-14-25(23)31-27)19-9-5-2-6-10-19/h1-17,28H/b26-17+. The highest BCUT2D eigenvalue weighted by atomic mass is 16.5. The van der Waals surface area contributed by atoms with Crippen molar-refractivity contribution in [1.82, 2.24) is 4.98 Å². The summed E-state index contributed by atoms with van der Waals surface area (Å²) in [7, 11) is 0. The Bertz CT molecular complexity index is 1420. The summed E-state index contributed by atoms with van der Waals surface area (Å²) in [5.74, 6) is 1.88. The largest absolute Gasteiger partial charge is 0.439 e. The summed E-state index contributed by atoms with van der Waals surface area (Å²) in [6.45, 7) is 0. The minimum Gasteiger partial charge on any atom is -0.439 e. The van der Waals surface area contributed by atoms with E-state index in [9.17, 15) is 0 Å². The van der Waals surface area contributed by atoms with Gasteiger partial charge in [0, 0.05) is 0 Å². The first kappa shape index (κ1) is 17.5. The number of oxazole rings is 1. The van der Waals surface area contributed by atoms with Crippen molar-refractivity contribution in [2.45, 2.75) is 0 Å². The quantitative estimate of drug-likeness (QED) is 0.354. The van der Waals surface area contributed by atoms with E-state index >= 15 is 0 Å². The van der Waals surface area contributed by atoms with Crippen LogP contribution in [0.15, 0.2) is 107 Å². The van der Waals surface area contributed by atoms with Crippen LogP contribution in [-0.4, -0.2) is 4.98 Å². The molecule has 0 saturated carbocycles. The summed E-state index contributed by atoms with van der Waals surface area (Å²) in [4.78, 5) is 4.63.